The monoisotopic (exact) mass is 695 g/mol. The summed E-state index contributed by atoms with van der Waals surface area (Å²) in [4.78, 5) is 36.7. The maximum Gasteiger partial charge on any atom is 0.362 e. The molecule has 0 saturated carbocycles. The maximum absolute atomic E-state index is 12.6. The largest absolute Gasteiger partial charge is 0.477 e. The van der Waals surface area contributed by atoms with Crippen LogP contribution in [0.3, 0.4) is 0 Å². The van der Waals surface area contributed by atoms with Crippen molar-refractivity contribution in [2.75, 3.05) is 41.0 Å². The van der Waals surface area contributed by atoms with E-state index in [1.165, 1.54) is 83.5 Å². The van der Waals surface area contributed by atoms with Crippen LogP contribution in [-0.2, 0) is 28.6 Å². The first-order valence-corrected chi connectivity index (χ1v) is 19.9. The number of carboxylic acid groups (broad SMARTS) is 1. The van der Waals surface area contributed by atoms with Crippen molar-refractivity contribution in [2.24, 2.45) is 0 Å². The lowest BCUT2D eigenvalue weighted by Crippen LogP contribution is -2.50. The van der Waals surface area contributed by atoms with Gasteiger partial charge in [-0.25, -0.2) is 4.79 Å². The van der Waals surface area contributed by atoms with Gasteiger partial charge in [0.05, 0.1) is 34.4 Å². The van der Waals surface area contributed by atoms with Gasteiger partial charge >= 0.3 is 17.9 Å². The average molecular weight is 695 g/mol. The second-order valence-electron chi connectivity index (χ2n) is 14.5. The minimum atomic E-state index is -0.877. The van der Waals surface area contributed by atoms with Gasteiger partial charge in [-0.15, -0.1) is 0 Å². The number of unbranched alkanes of at least 4 members (excludes halogenated alkanes) is 17. The van der Waals surface area contributed by atoms with Gasteiger partial charge in [-0.05, 0) is 44.9 Å². The van der Waals surface area contributed by atoms with Crippen LogP contribution in [0.2, 0.25) is 0 Å². The van der Waals surface area contributed by atoms with Crippen LogP contribution in [0.1, 0.15) is 168 Å². The van der Waals surface area contributed by atoms with E-state index in [0.29, 0.717) is 19.3 Å². The van der Waals surface area contributed by atoms with Crippen molar-refractivity contribution in [3.05, 3.63) is 24.3 Å². The van der Waals surface area contributed by atoms with Gasteiger partial charge in [-0.1, -0.05) is 128 Å². The lowest BCUT2D eigenvalue weighted by Gasteiger charge is -2.31. The zero-order chi connectivity index (χ0) is 36.4. The van der Waals surface area contributed by atoms with E-state index in [4.69, 9.17) is 14.2 Å². The average Bonchev–Trinajstić information content (AvgIpc) is 3.05. The quantitative estimate of drug-likeness (QED) is 0.0305. The molecule has 0 saturated heterocycles. The second-order valence-corrected chi connectivity index (χ2v) is 14.5. The second kappa shape index (κ2) is 33.0. The number of ether oxygens (including phenoxy) is 3. The van der Waals surface area contributed by atoms with Crippen LogP contribution in [0.5, 0.6) is 0 Å². The Bertz CT molecular complexity index is 864. The predicted octanol–water partition coefficient (Wildman–Crippen LogP) is 10.1. The molecule has 0 heterocycles. The number of aliphatic carboxylic acids is 1. The van der Waals surface area contributed by atoms with Crippen molar-refractivity contribution in [3.63, 3.8) is 0 Å². The summed E-state index contributed by atoms with van der Waals surface area (Å²) in [5.41, 5.74) is 0. The first-order chi connectivity index (χ1) is 23.6. The van der Waals surface area contributed by atoms with E-state index in [1.807, 2.05) is 21.1 Å². The topological polar surface area (TPSA) is 99.1 Å². The molecule has 0 aromatic heterocycles. The number of carbonyl (C=O) groups is 3. The molecule has 0 aliphatic carbocycles. The van der Waals surface area contributed by atoms with Crippen LogP contribution >= 0.6 is 0 Å². The molecule has 0 fully saturated rings. The summed E-state index contributed by atoms with van der Waals surface area (Å²) in [6, 6.07) is -0.611. The Morgan fingerprint density at radius 3 is 1.61 bits per heavy atom. The lowest BCUT2D eigenvalue weighted by atomic mass is 10.1. The minimum absolute atomic E-state index is 0.0514. The molecular formula is C41H76NO7+. The fourth-order valence-corrected chi connectivity index (χ4v) is 5.71. The lowest BCUT2D eigenvalue weighted by molar-refractivity contribution is -0.887. The molecule has 2 atom stereocenters. The van der Waals surface area contributed by atoms with Crippen molar-refractivity contribution in [1.82, 2.24) is 0 Å². The molecule has 0 aromatic rings. The number of likely N-dealkylation sites (N-methyl/N-ethyl adjacent to an activating group) is 1. The van der Waals surface area contributed by atoms with Crippen molar-refractivity contribution in [2.45, 2.75) is 180 Å². The van der Waals surface area contributed by atoms with E-state index >= 15 is 0 Å². The highest BCUT2D eigenvalue weighted by molar-refractivity contribution is 5.72. The van der Waals surface area contributed by atoms with Crippen LogP contribution in [0.4, 0.5) is 0 Å². The summed E-state index contributed by atoms with van der Waals surface area (Å²) in [5, 5.41) is 9.57. The van der Waals surface area contributed by atoms with Gasteiger partial charge in [0.25, 0.3) is 0 Å². The zero-order valence-electron chi connectivity index (χ0n) is 32.4. The van der Waals surface area contributed by atoms with Crippen molar-refractivity contribution < 1.29 is 38.2 Å². The van der Waals surface area contributed by atoms with Crippen molar-refractivity contribution >= 4 is 17.9 Å². The fourth-order valence-electron chi connectivity index (χ4n) is 5.71. The molecule has 286 valence electrons. The Hall–Kier alpha value is -2.19. The highest BCUT2D eigenvalue weighted by Crippen LogP contribution is 2.13. The molecule has 49 heavy (non-hydrogen) atoms. The molecule has 0 rings (SSSR count). The first kappa shape index (κ1) is 46.8. The minimum Gasteiger partial charge on any atom is -0.477 e. The number of nitrogens with zero attached hydrogens (tertiary/aromatic N) is 1. The molecule has 0 bridgehead atoms. The predicted molar refractivity (Wildman–Crippen MR) is 202 cm³/mol. The SMILES string of the molecule is CCCCC/C=C\C/C=C\CCCCCCCCCC(=O)OC(COCCC(C(=O)O)[N+](C)(C)C)COC(=O)CCCCCCCCCC. The number of carboxylic acids is 1. The van der Waals surface area contributed by atoms with Gasteiger partial charge in [0, 0.05) is 19.3 Å². The van der Waals surface area contributed by atoms with Gasteiger partial charge in [-0.2, -0.15) is 0 Å². The van der Waals surface area contributed by atoms with E-state index in [0.717, 1.165) is 51.4 Å². The standard InChI is InChI=1S/C41H75NO7/c1-6-8-10-12-14-16-17-18-19-20-21-22-23-24-26-28-30-32-40(44)49-37(35-47-34-33-38(41(45)46)42(3,4)5)36-48-39(43)31-29-27-25-15-13-11-9-7-2/h14,16,18-19,37-38H,6-13,15,17,20-36H2,1-5H3/p+1/b16-14-,19-18-. The third kappa shape index (κ3) is 31.5. The maximum atomic E-state index is 12.6. The molecule has 1 N–H and O–H groups in total. The van der Waals surface area contributed by atoms with Crippen LogP contribution < -0.4 is 0 Å². The number of hydrogen-bond acceptors (Lipinski definition) is 6. The van der Waals surface area contributed by atoms with Crippen LogP contribution in [0.15, 0.2) is 24.3 Å². The Balaban J connectivity index is 4.35. The van der Waals surface area contributed by atoms with Crippen LogP contribution in [-0.4, -0.2) is 80.6 Å². The Morgan fingerprint density at radius 1 is 0.612 bits per heavy atom. The summed E-state index contributed by atoms with van der Waals surface area (Å²) < 4.78 is 17.2. The number of hydrogen-bond donors (Lipinski definition) is 1. The number of allylic oxidation sites excluding steroid dienone is 4. The number of esters is 2. The van der Waals surface area contributed by atoms with E-state index in [2.05, 4.69) is 38.2 Å². The molecule has 0 amide bonds. The Labute approximate surface area is 301 Å². The smallest absolute Gasteiger partial charge is 0.362 e. The summed E-state index contributed by atoms with van der Waals surface area (Å²) in [6.07, 6.45) is 33.6. The molecule has 0 aliphatic rings. The van der Waals surface area contributed by atoms with E-state index in [1.54, 1.807) is 0 Å². The van der Waals surface area contributed by atoms with E-state index in [-0.39, 0.29) is 36.2 Å². The van der Waals surface area contributed by atoms with Crippen molar-refractivity contribution in [3.8, 4) is 0 Å². The summed E-state index contributed by atoms with van der Waals surface area (Å²) in [5.74, 6) is -1.48. The van der Waals surface area contributed by atoms with Gasteiger partial charge in [0.2, 0.25) is 0 Å². The number of rotatable bonds is 35. The third-order valence-electron chi connectivity index (χ3n) is 8.85. The summed E-state index contributed by atoms with van der Waals surface area (Å²) in [7, 11) is 5.51. The van der Waals surface area contributed by atoms with Gasteiger partial charge < -0.3 is 23.8 Å². The van der Waals surface area contributed by atoms with E-state index in [9.17, 15) is 19.5 Å². The molecule has 0 radical (unpaired) electrons. The van der Waals surface area contributed by atoms with Crippen LogP contribution in [0, 0.1) is 0 Å². The molecule has 0 aromatic carbocycles. The molecule has 2 unspecified atom stereocenters. The molecule has 8 heteroatoms. The molecular weight excluding hydrogens is 618 g/mol. The Morgan fingerprint density at radius 2 is 1.08 bits per heavy atom. The highest BCUT2D eigenvalue weighted by atomic mass is 16.6. The molecule has 8 nitrogen and oxygen atoms in total. The fraction of sp³-hybridized carbons (Fsp3) is 0.829. The van der Waals surface area contributed by atoms with E-state index < -0.39 is 18.1 Å². The van der Waals surface area contributed by atoms with Gasteiger partial charge in [0.1, 0.15) is 6.61 Å². The van der Waals surface area contributed by atoms with Gasteiger partial charge in [-0.3, -0.25) is 9.59 Å². The van der Waals surface area contributed by atoms with Crippen LogP contribution in [0.25, 0.3) is 0 Å². The molecule has 0 aliphatic heterocycles. The zero-order valence-corrected chi connectivity index (χ0v) is 32.4. The number of quaternary nitrogens is 1. The summed E-state index contributed by atoms with van der Waals surface area (Å²) >= 11 is 0. The molecule has 0 spiro atoms. The van der Waals surface area contributed by atoms with Crippen molar-refractivity contribution in [1.29, 1.82) is 0 Å². The number of carbonyl (C=O) groups excluding carboxylic acids is 2. The normalized spacial score (nSPS) is 13.2. The van der Waals surface area contributed by atoms with Gasteiger partial charge in [0.15, 0.2) is 12.1 Å². The summed E-state index contributed by atoms with van der Waals surface area (Å²) in [6.45, 7) is 4.67. The first-order valence-electron chi connectivity index (χ1n) is 19.9. The highest BCUT2D eigenvalue weighted by Gasteiger charge is 2.31. The third-order valence-corrected chi connectivity index (χ3v) is 8.85. The Kier molecular flexibility index (Phi) is 31.5.